The Morgan fingerprint density at radius 2 is 2.24 bits per heavy atom. The number of thiophene rings is 1. The van der Waals surface area contributed by atoms with Gasteiger partial charge in [-0.05, 0) is 80.0 Å². The molecule has 3 nitrogen and oxygen atoms in total. The number of hydrogen-bond acceptors (Lipinski definition) is 4. The molecule has 1 aromatic carbocycles. The van der Waals surface area contributed by atoms with Gasteiger partial charge < -0.3 is 9.47 Å². The van der Waals surface area contributed by atoms with Crippen LogP contribution in [-0.4, -0.2) is 19.2 Å². The van der Waals surface area contributed by atoms with Gasteiger partial charge in [0, 0.05) is 10.9 Å². The van der Waals surface area contributed by atoms with Gasteiger partial charge in [0.15, 0.2) is 0 Å². The number of halogens is 2. The van der Waals surface area contributed by atoms with Crippen molar-refractivity contribution in [3.05, 3.63) is 48.1 Å². The lowest BCUT2D eigenvalue weighted by Gasteiger charge is -2.16. The third kappa shape index (κ3) is 4.43. The Hall–Kier alpha value is -0.600. The largest absolute Gasteiger partial charge is 0.489 e. The summed E-state index contributed by atoms with van der Waals surface area (Å²) in [5.74, 6) is 0.399. The van der Waals surface area contributed by atoms with Crippen LogP contribution in [0.5, 0.6) is 5.75 Å². The zero-order valence-electron chi connectivity index (χ0n) is 11.6. The van der Waals surface area contributed by atoms with Crippen LogP contribution in [0.3, 0.4) is 0 Å². The lowest BCUT2D eigenvalue weighted by atomic mass is 10.1. The summed E-state index contributed by atoms with van der Waals surface area (Å²) < 4.78 is 12.3. The fourth-order valence-electron chi connectivity index (χ4n) is 1.88. The quantitative estimate of drug-likeness (QED) is 0.450. The summed E-state index contributed by atoms with van der Waals surface area (Å²) >= 11 is 7.24. The van der Waals surface area contributed by atoms with Gasteiger partial charge in [-0.3, -0.25) is 0 Å². The molecule has 0 unspecified atom stereocenters. The lowest BCUT2D eigenvalue weighted by Crippen LogP contribution is -2.15. The summed E-state index contributed by atoms with van der Waals surface area (Å²) in [5.41, 5.74) is 1.77. The maximum atomic E-state index is 11.6. The Kier molecular flexibility index (Phi) is 6.07. The smallest absolute Gasteiger partial charge is 0.339 e. The molecule has 0 amide bonds. The number of hydrogen-bond donors (Lipinski definition) is 0. The van der Waals surface area contributed by atoms with Crippen LogP contribution in [0, 0.1) is 3.57 Å². The van der Waals surface area contributed by atoms with Crippen molar-refractivity contribution in [3.8, 4) is 5.75 Å². The van der Waals surface area contributed by atoms with Gasteiger partial charge in [-0.25, -0.2) is 4.79 Å². The van der Waals surface area contributed by atoms with Crippen LogP contribution in [0.2, 0.25) is 0 Å². The fourth-order valence-corrected chi connectivity index (χ4v) is 3.64. The van der Waals surface area contributed by atoms with Gasteiger partial charge in [-0.15, -0.1) is 0 Å². The third-order valence-corrected chi connectivity index (χ3v) is 5.09. The zero-order chi connectivity index (χ0) is 15.4. The molecule has 0 aliphatic heterocycles. The molecule has 0 fully saturated rings. The SMILES string of the molecule is COC(=O)c1cc(I)c(O[C@H](C)Cc2ccsc2)cc1Br. The molecule has 0 bridgehead atoms. The number of ether oxygens (including phenoxy) is 2. The molecule has 21 heavy (non-hydrogen) atoms. The van der Waals surface area contributed by atoms with E-state index in [-0.39, 0.29) is 12.1 Å². The first kappa shape index (κ1) is 16.8. The number of rotatable bonds is 5. The molecule has 0 saturated heterocycles. The molecule has 0 N–H and O–H groups in total. The molecule has 0 radical (unpaired) electrons. The lowest BCUT2D eigenvalue weighted by molar-refractivity contribution is 0.0599. The Morgan fingerprint density at radius 1 is 1.48 bits per heavy atom. The van der Waals surface area contributed by atoms with Gasteiger partial charge in [0.2, 0.25) is 0 Å². The number of methoxy groups -OCH3 is 1. The molecule has 1 heterocycles. The summed E-state index contributed by atoms with van der Waals surface area (Å²) in [4.78, 5) is 11.6. The van der Waals surface area contributed by atoms with E-state index in [0.29, 0.717) is 10.0 Å². The fraction of sp³-hybridized carbons (Fsp3) is 0.267. The van der Waals surface area contributed by atoms with Crippen LogP contribution < -0.4 is 4.74 Å². The number of esters is 1. The van der Waals surface area contributed by atoms with E-state index in [1.165, 1.54) is 12.7 Å². The Balaban J connectivity index is 2.13. The molecule has 0 spiro atoms. The highest BCUT2D eigenvalue weighted by atomic mass is 127. The van der Waals surface area contributed by atoms with Gasteiger partial charge in [0.1, 0.15) is 11.9 Å². The first-order valence-electron chi connectivity index (χ1n) is 6.26. The monoisotopic (exact) mass is 480 g/mol. The maximum absolute atomic E-state index is 11.6. The van der Waals surface area contributed by atoms with Crippen LogP contribution in [0.25, 0.3) is 0 Å². The van der Waals surface area contributed by atoms with Crippen molar-refractivity contribution < 1.29 is 14.3 Å². The minimum absolute atomic E-state index is 0.0593. The van der Waals surface area contributed by atoms with Crippen molar-refractivity contribution in [1.29, 1.82) is 0 Å². The molecule has 2 aromatic rings. The van der Waals surface area contributed by atoms with Gasteiger partial charge in [-0.1, -0.05) is 0 Å². The van der Waals surface area contributed by atoms with Crippen LogP contribution >= 0.6 is 49.9 Å². The zero-order valence-corrected chi connectivity index (χ0v) is 16.1. The average Bonchev–Trinajstić information content (AvgIpc) is 2.94. The van der Waals surface area contributed by atoms with E-state index in [0.717, 1.165) is 15.7 Å². The number of carbonyl (C=O) groups is 1. The van der Waals surface area contributed by atoms with Gasteiger partial charge in [0.05, 0.1) is 16.2 Å². The molecule has 2 rings (SSSR count). The Bertz CT molecular complexity index is 628. The first-order chi connectivity index (χ1) is 10.0. The van der Waals surface area contributed by atoms with Crippen LogP contribution in [0.1, 0.15) is 22.8 Å². The maximum Gasteiger partial charge on any atom is 0.339 e. The summed E-state index contributed by atoms with van der Waals surface area (Å²) in [7, 11) is 1.37. The van der Waals surface area contributed by atoms with Crippen molar-refractivity contribution in [3.63, 3.8) is 0 Å². The molecule has 0 saturated carbocycles. The molecule has 1 aromatic heterocycles. The summed E-state index contributed by atoms with van der Waals surface area (Å²) in [6, 6.07) is 5.69. The van der Waals surface area contributed by atoms with E-state index in [1.807, 2.05) is 13.0 Å². The number of carbonyl (C=O) groups excluding carboxylic acids is 1. The minimum atomic E-state index is -0.363. The highest BCUT2D eigenvalue weighted by molar-refractivity contribution is 14.1. The van der Waals surface area contributed by atoms with Gasteiger partial charge in [-0.2, -0.15) is 11.3 Å². The second-order valence-corrected chi connectivity index (χ2v) is 7.31. The molecular formula is C15H14BrIO3S. The third-order valence-electron chi connectivity index (χ3n) is 2.86. The van der Waals surface area contributed by atoms with E-state index < -0.39 is 0 Å². The van der Waals surface area contributed by atoms with Crippen LogP contribution in [-0.2, 0) is 11.2 Å². The van der Waals surface area contributed by atoms with Crippen LogP contribution in [0.15, 0.2) is 33.4 Å². The second-order valence-electron chi connectivity index (χ2n) is 4.52. The molecule has 112 valence electrons. The van der Waals surface area contributed by atoms with Crippen molar-refractivity contribution in [2.75, 3.05) is 7.11 Å². The molecule has 0 aliphatic rings. The standard InChI is InChI=1S/C15H14BrIO3S/c1-9(5-10-3-4-21-8-10)20-14-7-12(16)11(6-13(14)17)15(18)19-2/h3-4,6-9H,5H2,1-2H3/t9-/m1/s1. The first-order valence-corrected chi connectivity index (χ1v) is 9.07. The minimum Gasteiger partial charge on any atom is -0.489 e. The molecule has 6 heteroatoms. The van der Waals surface area contributed by atoms with E-state index >= 15 is 0 Å². The summed E-state index contributed by atoms with van der Waals surface area (Å²) in [6.45, 7) is 2.04. The van der Waals surface area contributed by atoms with Crippen LogP contribution in [0.4, 0.5) is 0 Å². The Labute approximate surface area is 149 Å². The van der Waals surface area contributed by atoms with E-state index in [9.17, 15) is 4.79 Å². The van der Waals surface area contributed by atoms with Crippen molar-refractivity contribution in [1.82, 2.24) is 0 Å². The predicted octanol–water partition coefficient (Wildman–Crippen LogP) is 4.91. The Morgan fingerprint density at radius 3 is 2.86 bits per heavy atom. The predicted molar refractivity (Wildman–Crippen MR) is 96.3 cm³/mol. The van der Waals surface area contributed by atoms with Crippen molar-refractivity contribution >= 4 is 55.8 Å². The highest BCUT2D eigenvalue weighted by Crippen LogP contribution is 2.30. The van der Waals surface area contributed by atoms with E-state index in [4.69, 9.17) is 9.47 Å². The summed E-state index contributed by atoms with van der Waals surface area (Å²) in [6.07, 6.45) is 0.916. The molecule has 0 aliphatic carbocycles. The van der Waals surface area contributed by atoms with Gasteiger partial charge >= 0.3 is 5.97 Å². The van der Waals surface area contributed by atoms with E-state index in [2.05, 4.69) is 55.3 Å². The van der Waals surface area contributed by atoms with E-state index in [1.54, 1.807) is 17.4 Å². The van der Waals surface area contributed by atoms with Crippen molar-refractivity contribution in [2.24, 2.45) is 0 Å². The normalized spacial score (nSPS) is 12.0. The summed E-state index contributed by atoms with van der Waals surface area (Å²) in [5, 5.41) is 4.19. The van der Waals surface area contributed by atoms with Crippen molar-refractivity contribution in [2.45, 2.75) is 19.4 Å². The topological polar surface area (TPSA) is 35.5 Å². The molecular weight excluding hydrogens is 467 g/mol. The van der Waals surface area contributed by atoms with Gasteiger partial charge in [0.25, 0.3) is 0 Å². The number of benzene rings is 1. The highest BCUT2D eigenvalue weighted by Gasteiger charge is 2.16. The second kappa shape index (κ2) is 7.60. The molecule has 1 atom stereocenters. The average molecular weight is 481 g/mol.